The van der Waals surface area contributed by atoms with Gasteiger partial charge in [-0.05, 0) is 56.7 Å². The molecule has 0 N–H and O–H groups in total. The van der Waals surface area contributed by atoms with Crippen molar-refractivity contribution >= 4 is 17.5 Å². The van der Waals surface area contributed by atoms with Gasteiger partial charge < -0.3 is 19.4 Å². The van der Waals surface area contributed by atoms with Crippen LogP contribution < -0.4 is 4.90 Å². The second-order valence-electron chi connectivity index (χ2n) is 11.2. The van der Waals surface area contributed by atoms with Crippen LogP contribution in [0.25, 0.3) is 0 Å². The minimum absolute atomic E-state index is 0.0290. The van der Waals surface area contributed by atoms with Crippen molar-refractivity contribution in [3.8, 4) is 0 Å². The largest absolute Gasteiger partial charge is 0.380 e. The number of anilines is 1. The first-order chi connectivity index (χ1) is 18.5. The van der Waals surface area contributed by atoms with Gasteiger partial charge in [-0.2, -0.15) is 5.10 Å². The van der Waals surface area contributed by atoms with Gasteiger partial charge in [0.05, 0.1) is 6.61 Å². The summed E-state index contributed by atoms with van der Waals surface area (Å²) >= 11 is 0. The van der Waals surface area contributed by atoms with Crippen LogP contribution in [-0.4, -0.2) is 108 Å². The molecule has 204 valence electrons. The zero-order chi connectivity index (χ0) is 26.2. The van der Waals surface area contributed by atoms with Gasteiger partial charge in [0.1, 0.15) is 6.54 Å². The zero-order valence-electron chi connectivity index (χ0n) is 22.8. The van der Waals surface area contributed by atoms with Crippen molar-refractivity contribution in [2.45, 2.75) is 52.1 Å². The van der Waals surface area contributed by atoms with Crippen molar-refractivity contribution < 1.29 is 14.3 Å². The number of hydrogen-bond acceptors (Lipinski definition) is 6. The molecule has 1 aromatic carbocycles. The lowest BCUT2D eigenvalue weighted by molar-refractivity contribution is -0.132. The fourth-order valence-electron chi connectivity index (χ4n) is 6.61. The normalized spacial score (nSPS) is 22.3. The van der Waals surface area contributed by atoms with E-state index in [9.17, 15) is 9.59 Å². The third-order valence-corrected chi connectivity index (χ3v) is 9.05. The summed E-state index contributed by atoms with van der Waals surface area (Å²) in [7, 11) is 0. The highest BCUT2D eigenvalue weighted by Crippen LogP contribution is 2.28. The minimum atomic E-state index is 0.0290. The van der Waals surface area contributed by atoms with E-state index in [1.54, 1.807) is 0 Å². The van der Waals surface area contributed by atoms with Gasteiger partial charge in [0.25, 0.3) is 5.91 Å². The molecule has 4 aliphatic rings. The Labute approximate surface area is 225 Å². The van der Waals surface area contributed by atoms with E-state index in [4.69, 9.17) is 9.84 Å². The molecule has 0 bridgehead atoms. The molecule has 2 amide bonds. The summed E-state index contributed by atoms with van der Waals surface area (Å²) in [6.45, 7) is 12.4. The van der Waals surface area contributed by atoms with E-state index in [0.717, 1.165) is 89.4 Å². The Kier molecular flexibility index (Phi) is 7.14. The van der Waals surface area contributed by atoms with Crippen LogP contribution in [0.4, 0.5) is 5.69 Å². The SMILES string of the molecule is Cc1cccc(N2CCN(C(=O)Cn3nc(C(=O)N4CCN5CCOCC[C@@H]5C4)c4c3CCC4)CC2)c1C. The van der Waals surface area contributed by atoms with E-state index < -0.39 is 0 Å². The van der Waals surface area contributed by atoms with E-state index in [0.29, 0.717) is 24.8 Å². The molecule has 9 heteroatoms. The fraction of sp³-hybridized carbons (Fsp3) is 0.621. The molecule has 9 nitrogen and oxygen atoms in total. The van der Waals surface area contributed by atoms with Gasteiger partial charge in [0.2, 0.25) is 5.91 Å². The van der Waals surface area contributed by atoms with Gasteiger partial charge in [0, 0.05) is 82.0 Å². The monoisotopic (exact) mass is 520 g/mol. The van der Waals surface area contributed by atoms with Crippen LogP contribution in [0.1, 0.15) is 45.7 Å². The quantitative estimate of drug-likeness (QED) is 0.613. The van der Waals surface area contributed by atoms with E-state index in [1.165, 1.54) is 16.8 Å². The van der Waals surface area contributed by atoms with Gasteiger partial charge in [0.15, 0.2) is 5.69 Å². The highest BCUT2D eigenvalue weighted by Gasteiger charge is 2.35. The van der Waals surface area contributed by atoms with Gasteiger partial charge in [-0.3, -0.25) is 19.2 Å². The van der Waals surface area contributed by atoms with Crippen LogP contribution in [0.5, 0.6) is 0 Å². The Morgan fingerprint density at radius 1 is 0.974 bits per heavy atom. The molecule has 6 rings (SSSR count). The number of aryl methyl sites for hydroxylation is 1. The molecule has 1 atom stereocenters. The zero-order valence-corrected chi connectivity index (χ0v) is 22.8. The Morgan fingerprint density at radius 3 is 2.63 bits per heavy atom. The van der Waals surface area contributed by atoms with Crippen molar-refractivity contribution in [2.24, 2.45) is 0 Å². The first-order valence-electron chi connectivity index (χ1n) is 14.3. The summed E-state index contributed by atoms with van der Waals surface area (Å²) in [6.07, 6.45) is 3.73. The molecule has 0 unspecified atom stereocenters. The third-order valence-electron chi connectivity index (χ3n) is 9.05. The molecular formula is C29H40N6O3. The van der Waals surface area contributed by atoms with Crippen LogP contribution in [0, 0.1) is 13.8 Å². The van der Waals surface area contributed by atoms with Gasteiger partial charge in [-0.1, -0.05) is 12.1 Å². The van der Waals surface area contributed by atoms with Gasteiger partial charge >= 0.3 is 0 Å². The first-order valence-corrected chi connectivity index (χ1v) is 14.3. The molecule has 0 radical (unpaired) electrons. The van der Waals surface area contributed by atoms with Crippen molar-refractivity contribution in [3.05, 3.63) is 46.3 Å². The fourth-order valence-corrected chi connectivity index (χ4v) is 6.61. The minimum Gasteiger partial charge on any atom is -0.380 e. The summed E-state index contributed by atoms with van der Waals surface area (Å²) in [4.78, 5) is 35.8. The van der Waals surface area contributed by atoms with E-state index in [1.807, 2.05) is 14.5 Å². The summed E-state index contributed by atoms with van der Waals surface area (Å²) in [6, 6.07) is 6.78. The van der Waals surface area contributed by atoms with Crippen molar-refractivity contribution in [1.82, 2.24) is 24.5 Å². The lowest BCUT2D eigenvalue weighted by Gasteiger charge is -2.40. The molecule has 2 aromatic rings. The predicted octanol–water partition coefficient (Wildman–Crippen LogP) is 1.88. The summed E-state index contributed by atoms with van der Waals surface area (Å²) in [5.74, 6) is 0.121. The number of fused-ring (bicyclic) bond motifs is 2. The Bertz CT molecular complexity index is 1200. The Morgan fingerprint density at radius 2 is 1.79 bits per heavy atom. The molecule has 0 spiro atoms. The highest BCUT2D eigenvalue weighted by atomic mass is 16.5. The number of nitrogens with zero attached hydrogens (tertiary/aromatic N) is 6. The smallest absolute Gasteiger partial charge is 0.274 e. The Hall–Kier alpha value is -2.91. The van der Waals surface area contributed by atoms with Crippen molar-refractivity contribution in [3.63, 3.8) is 0 Å². The van der Waals surface area contributed by atoms with Crippen LogP contribution in [-0.2, 0) is 28.9 Å². The van der Waals surface area contributed by atoms with E-state index in [2.05, 4.69) is 41.8 Å². The van der Waals surface area contributed by atoms with Crippen LogP contribution in [0.3, 0.4) is 0 Å². The topological polar surface area (TPSA) is 74.2 Å². The summed E-state index contributed by atoms with van der Waals surface area (Å²) in [5.41, 5.74) is 6.59. The molecule has 1 aliphatic carbocycles. The number of carbonyl (C=O) groups excluding carboxylic acids is 2. The van der Waals surface area contributed by atoms with Gasteiger partial charge in [-0.25, -0.2) is 0 Å². The van der Waals surface area contributed by atoms with Crippen molar-refractivity contribution in [1.29, 1.82) is 0 Å². The van der Waals surface area contributed by atoms with E-state index in [-0.39, 0.29) is 18.4 Å². The lowest BCUT2D eigenvalue weighted by atomic mass is 10.1. The molecule has 3 aliphatic heterocycles. The molecule has 3 fully saturated rings. The second kappa shape index (κ2) is 10.7. The number of benzene rings is 1. The standard InChI is InChI=1S/C29H40N6O3/c1-21-5-3-7-25(22(21)2)32-11-13-33(14-12-32)27(36)20-35-26-8-4-6-24(26)28(30-35)29(37)34-15-10-31-16-18-38-17-9-23(31)19-34/h3,5,7,23H,4,6,8-20H2,1-2H3/t23-/m1/s1. The molecule has 0 saturated carbocycles. The number of hydrogen-bond donors (Lipinski definition) is 0. The molecule has 4 heterocycles. The second-order valence-corrected chi connectivity index (χ2v) is 11.2. The van der Waals surface area contributed by atoms with E-state index >= 15 is 0 Å². The Balaban J connectivity index is 1.11. The molecule has 38 heavy (non-hydrogen) atoms. The molecule has 3 saturated heterocycles. The van der Waals surface area contributed by atoms with Gasteiger partial charge in [-0.15, -0.1) is 0 Å². The average Bonchev–Trinajstić information content (AvgIpc) is 3.46. The number of piperazine rings is 2. The molecular weight excluding hydrogens is 480 g/mol. The van der Waals surface area contributed by atoms with Crippen LogP contribution >= 0.6 is 0 Å². The third kappa shape index (κ3) is 4.82. The number of rotatable bonds is 4. The maximum atomic E-state index is 13.6. The average molecular weight is 521 g/mol. The molecule has 1 aromatic heterocycles. The number of amides is 2. The first kappa shape index (κ1) is 25.4. The number of ether oxygens (including phenoxy) is 1. The lowest BCUT2D eigenvalue weighted by Crippen LogP contribution is -2.54. The summed E-state index contributed by atoms with van der Waals surface area (Å²) in [5, 5.41) is 4.78. The highest BCUT2D eigenvalue weighted by molar-refractivity contribution is 5.94. The summed E-state index contributed by atoms with van der Waals surface area (Å²) < 4.78 is 7.49. The van der Waals surface area contributed by atoms with Crippen LogP contribution in [0.2, 0.25) is 0 Å². The van der Waals surface area contributed by atoms with Crippen molar-refractivity contribution in [2.75, 3.05) is 70.5 Å². The number of aromatic nitrogens is 2. The predicted molar refractivity (Wildman–Crippen MR) is 146 cm³/mol. The number of carbonyl (C=O) groups is 2. The van der Waals surface area contributed by atoms with Crippen LogP contribution in [0.15, 0.2) is 18.2 Å². The maximum absolute atomic E-state index is 13.6. The maximum Gasteiger partial charge on any atom is 0.274 e.